The van der Waals surface area contributed by atoms with Crippen molar-refractivity contribution in [3.05, 3.63) is 60.2 Å². The standard InChI is InChI=1S/C21H20N4O2S/c26-10-12-27-11-9-23-20-18-17(15-5-2-1-3-6-15)14-28-21(18)25-19(24-20)16-7-4-8-22-13-16/h1-8,13-14,26H,9-12H2,(H,23,24,25). The summed E-state index contributed by atoms with van der Waals surface area (Å²) < 4.78 is 5.36. The van der Waals surface area contributed by atoms with Gasteiger partial charge < -0.3 is 15.2 Å². The lowest BCUT2D eigenvalue weighted by Gasteiger charge is -2.11. The summed E-state index contributed by atoms with van der Waals surface area (Å²) in [5.74, 6) is 1.41. The van der Waals surface area contributed by atoms with Gasteiger partial charge in [-0.05, 0) is 17.7 Å². The van der Waals surface area contributed by atoms with Crippen LogP contribution in [0, 0.1) is 0 Å². The first-order chi connectivity index (χ1) is 13.9. The predicted octanol–water partition coefficient (Wildman–Crippen LogP) is 3.84. The lowest BCUT2D eigenvalue weighted by Crippen LogP contribution is -2.12. The Kier molecular flexibility index (Phi) is 5.86. The van der Waals surface area contributed by atoms with Gasteiger partial charge in [-0.2, -0.15) is 0 Å². The summed E-state index contributed by atoms with van der Waals surface area (Å²) in [7, 11) is 0. The van der Waals surface area contributed by atoms with Crippen LogP contribution in [0.15, 0.2) is 60.2 Å². The van der Waals surface area contributed by atoms with Crippen LogP contribution in [0.3, 0.4) is 0 Å². The molecule has 0 aliphatic heterocycles. The molecule has 0 aliphatic rings. The molecular formula is C21H20N4O2S. The van der Waals surface area contributed by atoms with E-state index < -0.39 is 0 Å². The molecule has 3 heterocycles. The van der Waals surface area contributed by atoms with Crippen LogP contribution < -0.4 is 5.32 Å². The third-order valence-corrected chi connectivity index (χ3v) is 5.08. The number of aliphatic hydroxyl groups is 1. The molecule has 0 fully saturated rings. The van der Waals surface area contributed by atoms with Crippen LogP contribution in [0.5, 0.6) is 0 Å². The highest BCUT2D eigenvalue weighted by molar-refractivity contribution is 7.17. The van der Waals surface area contributed by atoms with Crippen LogP contribution in [-0.2, 0) is 4.74 Å². The molecule has 4 rings (SSSR count). The van der Waals surface area contributed by atoms with Crippen LogP contribution in [0.4, 0.5) is 5.82 Å². The van der Waals surface area contributed by atoms with Gasteiger partial charge in [0.15, 0.2) is 5.82 Å². The summed E-state index contributed by atoms with van der Waals surface area (Å²) >= 11 is 1.60. The van der Waals surface area contributed by atoms with Crippen molar-refractivity contribution in [2.24, 2.45) is 0 Å². The SMILES string of the molecule is OCCOCCNc1nc(-c2cccnc2)nc2scc(-c3ccccc3)c12. The number of hydrogen-bond acceptors (Lipinski definition) is 7. The molecule has 2 N–H and O–H groups in total. The van der Waals surface area contributed by atoms with Gasteiger partial charge in [-0.15, -0.1) is 11.3 Å². The Balaban J connectivity index is 1.75. The maximum absolute atomic E-state index is 8.85. The molecule has 0 saturated heterocycles. The quantitative estimate of drug-likeness (QED) is 0.444. The van der Waals surface area contributed by atoms with E-state index in [0.29, 0.717) is 25.6 Å². The minimum atomic E-state index is 0.0194. The molecule has 0 unspecified atom stereocenters. The number of benzene rings is 1. The van der Waals surface area contributed by atoms with Gasteiger partial charge in [0.2, 0.25) is 0 Å². The van der Waals surface area contributed by atoms with Gasteiger partial charge >= 0.3 is 0 Å². The Morgan fingerprint density at radius 3 is 2.64 bits per heavy atom. The summed E-state index contributed by atoms with van der Waals surface area (Å²) in [4.78, 5) is 14.7. The second-order valence-electron chi connectivity index (χ2n) is 6.10. The van der Waals surface area contributed by atoms with E-state index in [1.165, 1.54) is 0 Å². The molecule has 0 radical (unpaired) electrons. The van der Waals surface area contributed by atoms with Gasteiger partial charge in [0.25, 0.3) is 0 Å². The second kappa shape index (κ2) is 8.88. The van der Waals surface area contributed by atoms with E-state index in [1.54, 1.807) is 23.7 Å². The number of hydrogen-bond donors (Lipinski definition) is 2. The fraction of sp³-hybridized carbons (Fsp3) is 0.190. The summed E-state index contributed by atoms with van der Waals surface area (Å²) in [5.41, 5.74) is 3.11. The highest BCUT2D eigenvalue weighted by Crippen LogP contribution is 2.37. The van der Waals surface area contributed by atoms with Crippen molar-refractivity contribution in [1.29, 1.82) is 0 Å². The Hall–Kier alpha value is -2.87. The second-order valence-corrected chi connectivity index (χ2v) is 6.95. The van der Waals surface area contributed by atoms with Crippen LogP contribution in [0.2, 0.25) is 0 Å². The maximum atomic E-state index is 8.85. The van der Waals surface area contributed by atoms with Crippen molar-refractivity contribution >= 4 is 27.4 Å². The summed E-state index contributed by atoms with van der Waals surface area (Å²) in [5, 5.41) is 15.4. The first kappa shape index (κ1) is 18.5. The highest BCUT2D eigenvalue weighted by atomic mass is 32.1. The molecule has 0 amide bonds. The number of aliphatic hydroxyl groups excluding tert-OH is 1. The van der Waals surface area contributed by atoms with Crippen molar-refractivity contribution < 1.29 is 9.84 Å². The van der Waals surface area contributed by atoms with Crippen LogP contribution in [0.1, 0.15) is 0 Å². The van der Waals surface area contributed by atoms with E-state index in [2.05, 4.69) is 27.8 Å². The molecule has 28 heavy (non-hydrogen) atoms. The topological polar surface area (TPSA) is 80.2 Å². The van der Waals surface area contributed by atoms with Crippen molar-refractivity contribution in [3.63, 3.8) is 0 Å². The molecule has 6 nitrogen and oxygen atoms in total. The summed E-state index contributed by atoms with van der Waals surface area (Å²) in [6, 6.07) is 14.1. The fourth-order valence-corrected chi connectivity index (χ4v) is 3.88. The minimum Gasteiger partial charge on any atom is -0.394 e. The van der Waals surface area contributed by atoms with E-state index in [9.17, 15) is 0 Å². The number of nitrogens with zero attached hydrogens (tertiary/aromatic N) is 3. The molecular weight excluding hydrogens is 372 g/mol. The number of anilines is 1. The van der Waals surface area contributed by atoms with E-state index in [1.807, 2.05) is 30.3 Å². The largest absolute Gasteiger partial charge is 0.394 e. The number of nitrogens with one attached hydrogen (secondary N) is 1. The molecule has 142 valence electrons. The summed E-state index contributed by atoms with van der Waals surface area (Å²) in [6.07, 6.45) is 3.50. The molecule has 0 bridgehead atoms. The van der Waals surface area contributed by atoms with Crippen molar-refractivity contribution in [3.8, 4) is 22.5 Å². The highest BCUT2D eigenvalue weighted by Gasteiger charge is 2.16. The number of rotatable bonds is 8. The predicted molar refractivity (Wildman–Crippen MR) is 112 cm³/mol. The maximum Gasteiger partial charge on any atom is 0.164 e. The molecule has 4 aromatic rings. The Labute approximate surface area is 166 Å². The monoisotopic (exact) mass is 392 g/mol. The number of pyridine rings is 1. The van der Waals surface area contributed by atoms with E-state index in [4.69, 9.17) is 19.8 Å². The van der Waals surface area contributed by atoms with Gasteiger partial charge in [-0.3, -0.25) is 4.98 Å². The lowest BCUT2D eigenvalue weighted by molar-refractivity contribution is 0.0992. The van der Waals surface area contributed by atoms with Gasteiger partial charge in [0.1, 0.15) is 10.6 Å². The van der Waals surface area contributed by atoms with Gasteiger partial charge in [0, 0.05) is 35.4 Å². The fourth-order valence-electron chi connectivity index (χ4n) is 2.93. The van der Waals surface area contributed by atoms with Crippen molar-refractivity contribution in [2.45, 2.75) is 0 Å². The van der Waals surface area contributed by atoms with E-state index in [-0.39, 0.29) is 6.61 Å². The van der Waals surface area contributed by atoms with Crippen LogP contribution in [-0.4, -0.2) is 46.4 Å². The van der Waals surface area contributed by atoms with Crippen molar-refractivity contribution in [2.75, 3.05) is 31.7 Å². The van der Waals surface area contributed by atoms with Crippen LogP contribution >= 0.6 is 11.3 Å². The number of fused-ring (bicyclic) bond motifs is 1. The zero-order chi connectivity index (χ0) is 19.2. The van der Waals surface area contributed by atoms with Crippen LogP contribution in [0.25, 0.3) is 32.7 Å². The lowest BCUT2D eigenvalue weighted by atomic mass is 10.1. The van der Waals surface area contributed by atoms with Gasteiger partial charge in [-0.25, -0.2) is 9.97 Å². The van der Waals surface area contributed by atoms with E-state index in [0.717, 1.165) is 32.7 Å². The Bertz CT molecular complexity index is 1040. The molecule has 3 aromatic heterocycles. The average molecular weight is 392 g/mol. The first-order valence-electron chi connectivity index (χ1n) is 9.04. The normalized spacial score (nSPS) is 11.0. The zero-order valence-corrected chi connectivity index (χ0v) is 16.0. The molecule has 0 saturated carbocycles. The van der Waals surface area contributed by atoms with Gasteiger partial charge in [-0.1, -0.05) is 30.3 Å². The first-order valence-corrected chi connectivity index (χ1v) is 9.92. The molecule has 0 spiro atoms. The average Bonchev–Trinajstić information content (AvgIpc) is 3.19. The third-order valence-electron chi connectivity index (χ3n) is 4.21. The Morgan fingerprint density at radius 2 is 1.86 bits per heavy atom. The zero-order valence-electron chi connectivity index (χ0n) is 15.2. The summed E-state index contributed by atoms with van der Waals surface area (Å²) in [6.45, 7) is 1.42. The smallest absolute Gasteiger partial charge is 0.164 e. The number of ether oxygens (including phenoxy) is 1. The number of aromatic nitrogens is 3. The van der Waals surface area contributed by atoms with Crippen molar-refractivity contribution in [1.82, 2.24) is 15.0 Å². The van der Waals surface area contributed by atoms with Gasteiger partial charge in [0.05, 0.1) is 25.2 Å². The third kappa shape index (κ3) is 4.01. The molecule has 7 heteroatoms. The number of thiophene rings is 1. The molecule has 0 aliphatic carbocycles. The molecule has 0 atom stereocenters. The minimum absolute atomic E-state index is 0.0194. The van der Waals surface area contributed by atoms with E-state index >= 15 is 0 Å². The molecule has 1 aromatic carbocycles. The Morgan fingerprint density at radius 1 is 1.00 bits per heavy atom.